The van der Waals surface area contributed by atoms with Crippen molar-refractivity contribution in [3.63, 3.8) is 0 Å². The van der Waals surface area contributed by atoms with Gasteiger partial charge in [0.25, 0.3) is 0 Å². The highest BCUT2D eigenvalue weighted by molar-refractivity contribution is 14.1. The van der Waals surface area contributed by atoms with Gasteiger partial charge in [-0.15, -0.1) is 0 Å². The van der Waals surface area contributed by atoms with Gasteiger partial charge >= 0.3 is 5.82 Å². The van der Waals surface area contributed by atoms with Crippen LogP contribution in [0.2, 0.25) is 0 Å². The first-order valence-corrected chi connectivity index (χ1v) is 3.65. The molecule has 0 aromatic carbocycles. The molecular weight excluding hydrogens is 266 g/mol. The highest BCUT2D eigenvalue weighted by Crippen LogP contribution is 2.17. The molecule has 1 aromatic heterocycles. The Labute approximate surface area is 74.7 Å². The van der Waals surface area contributed by atoms with E-state index in [0.717, 1.165) is 0 Å². The van der Waals surface area contributed by atoms with Crippen molar-refractivity contribution >= 4 is 28.4 Å². The molecule has 11 heavy (non-hydrogen) atoms. The molecule has 0 amide bonds. The Morgan fingerprint density at radius 2 is 2.36 bits per heavy atom. The molecule has 1 rings (SSSR count). The van der Waals surface area contributed by atoms with E-state index in [9.17, 15) is 14.5 Å². The molecule has 58 valence electrons. The van der Waals surface area contributed by atoms with E-state index in [1.54, 1.807) is 22.6 Å². The normalized spacial score (nSPS) is 9.64. The van der Waals surface area contributed by atoms with Crippen LogP contribution in [0.15, 0.2) is 12.3 Å². The Balaban J connectivity index is 3.27. The molecule has 0 fully saturated rings. The van der Waals surface area contributed by atoms with E-state index in [1.807, 2.05) is 0 Å². The molecule has 1 aromatic rings. The van der Waals surface area contributed by atoms with Gasteiger partial charge in [-0.2, -0.15) is 4.39 Å². The summed E-state index contributed by atoms with van der Waals surface area (Å²) in [6.07, 6.45) is 1.20. The SMILES string of the molecule is O=[N+]([O-])c1nccc(I)c1F. The third-order valence-electron chi connectivity index (χ3n) is 0.997. The van der Waals surface area contributed by atoms with Crippen molar-refractivity contribution in [2.45, 2.75) is 0 Å². The zero-order valence-corrected chi connectivity index (χ0v) is 7.28. The number of halogens is 2. The minimum atomic E-state index is -0.877. The van der Waals surface area contributed by atoms with E-state index in [1.165, 1.54) is 12.3 Å². The van der Waals surface area contributed by atoms with Crippen LogP contribution in [0.25, 0.3) is 0 Å². The van der Waals surface area contributed by atoms with Crippen molar-refractivity contribution < 1.29 is 9.31 Å². The molecule has 0 N–H and O–H groups in total. The molecule has 0 aliphatic carbocycles. The standard InChI is InChI=1S/C5H2FIN2O2/c6-4-3(7)1-2-8-5(4)9(10)11/h1-2H. The predicted octanol–water partition coefficient (Wildman–Crippen LogP) is 1.73. The fourth-order valence-corrected chi connectivity index (χ4v) is 0.939. The summed E-state index contributed by atoms with van der Waals surface area (Å²) in [5.74, 6) is -1.60. The Bertz CT molecular complexity index is 305. The molecule has 0 aliphatic rings. The topological polar surface area (TPSA) is 56.0 Å². The Morgan fingerprint density at radius 1 is 1.73 bits per heavy atom. The van der Waals surface area contributed by atoms with Crippen molar-refractivity contribution in [1.82, 2.24) is 4.98 Å². The fourth-order valence-electron chi connectivity index (χ4n) is 0.537. The summed E-state index contributed by atoms with van der Waals surface area (Å²) in [4.78, 5) is 12.5. The second-order valence-corrected chi connectivity index (χ2v) is 2.85. The Hall–Kier alpha value is -0.790. The van der Waals surface area contributed by atoms with Gasteiger partial charge in [-0.3, -0.25) is 0 Å². The first-order chi connectivity index (χ1) is 5.13. The minimum absolute atomic E-state index is 0.198. The second-order valence-electron chi connectivity index (χ2n) is 1.69. The van der Waals surface area contributed by atoms with Crippen molar-refractivity contribution in [3.05, 3.63) is 31.8 Å². The average molecular weight is 268 g/mol. The predicted molar refractivity (Wildman–Crippen MR) is 43.6 cm³/mol. The maximum Gasteiger partial charge on any atom is 0.400 e. The quantitative estimate of drug-likeness (QED) is 0.442. The van der Waals surface area contributed by atoms with Gasteiger partial charge in [0, 0.05) is 0 Å². The Morgan fingerprint density at radius 3 is 2.82 bits per heavy atom. The molecule has 0 spiro atoms. The first kappa shape index (κ1) is 8.31. The fraction of sp³-hybridized carbons (Fsp3) is 0. The van der Waals surface area contributed by atoms with Crippen molar-refractivity contribution in [2.24, 2.45) is 0 Å². The largest absolute Gasteiger partial charge is 0.400 e. The third-order valence-corrected chi connectivity index (χ3v) is 1.83. The van der Waals surface area contributed by atoms with Gasteiger partial charge in [0.1, 0.15) is 6.20 Å². The maximum absolute atomic E-state index is 12.7. The van der Waals surface area contributed by atoms with Gasteiger partial charge in [0.15, 0.2) is 0 Å². The lowest BCUT2D eigenvalue weighted by Crippen LogP contribution is -1.97. The summed E-state index contributed by atoms with van der Waals surface area (Å²) in [6, 6.07) is 1.36. The molecule has 0 atom stereocenters. The molecule has 6 heteroatoms. The van der Waals surface area contributed by atoms with Crippen molar-refractivity contribution in [1.29, 1.82) is 0 Å². The average Bonchev–Trinajstić information content (AvgIpc) is 1.94. The summed E-state index contributed by atoms with van der Waals surface area (Å²) in [5.41, 5.74) is 0. The van der Waals surface area contributed by atoms with Crippen LogP contribution in [-0.4, -0.2) is 9.91 Å². The molecule has 0 bridgehead atoms. The second kappa shape index (κ2) is 3.07. The highest BCUT2D eigenvalue weighted by Gasteiger charge is 2.16. The minimum Gasteiger partial charge on any atom is -0.358 e. The summed E-state index contributed by atoms with van der Waals surface area (Å²) < 4.78 is 12.9. The lowest BCUT2D eigenvalue weighted by Gasteiger charge is -1.93. The molecule has 0 unspecified atom stereocenters. The summed E-state index contributed by atoms with van der Waals surface area (Å²) in [6.45, 7) is 0. The summed E-state index contributed by atoms with van der Waals surface area (Å²) in [5, 5.41) is 10.1. The van der Waals surface area contributed by atoms with E-state index in [-0.39, 0.29) is 3.57 Å². The number of pyridine rings is 1. The highest BCUT2D eigenvalue weighted by atomic mass is 127. The van der Waals surface area contributed by atoms with Crippen LogP contribution in [0.3, 0.4) is 0 Å². The number of aromatic nitrogens is 1. The van der Waals surface area contributed by atoms with Crippen molar-refractivity contribution in [2.75, 3.05) is 0 Å². The first-order valence-electron chi connectivity index (χ1n) is 2.57. The molecule has 1 heterocycles. The van der Waals surface area contributed by atoms with Gasteiger partial charge in [-0.1, -0.05) is 0 Å². The van der Waals surface area contributed by atoms with Crippen LogP contribution >= 0.6 is 22.6 Å². The number of nitrogens with zero attached hydrogens (tertiary/aromatic N) is 2. The van der Waals surface area contributed by atoms with E-state index in [0.29, 0.717) is 0 Å². The number of hydrogen-bond acceptors (Lipinski definition) is 3. The van der Waals surface area contributed by atoms with Crippen LogP contribution in [0, 0.1) is 19.5 Å². The number of rotatable bonds is 1. The number of hydrogen-bond donors (Lipinski definition) is 0. The lowest BCUT2D eigenvalue weighted by atomic mass is 10.4. The summed E-state index contributed by atoms with van der Waals surface area (Å²) in [7, 11) is 0. The zero-order valence-electron chi connectivity index (χ0n) is 5.12. The van der Waals surface area contributed by atoms with Gasteiger partial charge in [0.05, 0.1) is 3.57 Å². The van der Waals surface area contributed by atoms with Gasteiger partial charge in [-0.25, -0.2) is 0 Å². The Kier molecular flexibility index (Phi) is 2.32. The van der Waals surface area contributed by atoms with Gasteiger partial charge < -0.3 is 10.1 Å². The van der Waals surface area contributed by atoms with E-state index in [2.05, 4.69) is 4.98 Å². The van der Waals surface area contributed by atoms with Crippen LogP contribution < -0.4 is 0 Å². The van der Waals surface area contributed by atoms with Crippen molar-refractivity contribution in [3.8, 4) is 0 Å². The zero-order chi connectivity index (χ0) is 8.43. The van der Waals surface area contributed by atoms with E-state index < -0.39 is 16.6 Å². The van der Waals surface area contributed by atoms with E-state index >= 15 is 0 Å². The maximum atomic E-state index is 12.7. The third kappa shape index (κ3) is 1.62. The number of nitro groups is 1. The smallest absolute Gasteiger partial charge is 0.358 e. The monoisotopic (exact) mass is 268 g/mol. The molecule has 0 saturated heterocycles. The summed E-state index contributed by atoms with van der Waals surface area (Å²) >= 11 is 1.66. The molecule has 0 aliphatic heterocycles. The van der Waals surface area contributed by atoms with Gasteiger partial charge in [0.2, 0.25) is 5.82 Å². The van der Waals surface area contributed by atoms with Crippen LogP contribution in [0.5, 0.6) is 0 Å². The lowest BCUT2D eigenvalue weighted by molar-refractivity contribution is -0.392. The van der Waals surface area contributed by atoms with Crippen LogP contribution in [0.4, 0.5) is 10.2 Å². The van der Waals surface area contributed by atoms with Crippen LogP contribution in [0.1, 0.15) is 0 Å². The molecule has 0 saturated carbocycles. The molecule has 0 radical (unpaired) electrons. The van der Waals surface area contributed by atoms with Gasteiger partial charge in [-0.05, 0) is 38.6 Å². The van der Waals surface area contributed by atoms with Crippen LogP contribution in [-0.2, 0) is 0 Å². The van der Waals surface area contributed by atoms with E-state index in [4.69, 9.17) is 0 Å². The molecule has 4 nitrogen and oxygen atoms in total. The molecular formula is C5H2FIN2O2.